The molecule has 1 aromatic heterocycles. The Labute approximate surface area is 102 Å². The molecule has 0 aliphatic heterocycles. The Bertz CT molecular complexity index is 380. The van der Waals surface area contributed by atoms with E-state index in [0.717, 1.165) is 11.5 Å². The fraction of sp³-hybridized carbons (Fsp3) is 0.556. The van der Waals surface area contributed by atoms with Crippen LogP contribution in [0.1, 0.15) is 20.3 Å². The highest BCUT2D eigenvalue weighted by molar-refractivity contribution is 7.10. The molecule has 1 rings (SSSR count). The molecule has 0 saturated carbocycles. The van der Waals surface area contributed by atoms with Crippen LogP contribution in [-0.4, -0.2) is 32.7 Å². The summed E-state index contributed by atoms with van der Waals surface area (Å²) in [4.78, 5) is 22.2. The summed E-state index contributed by atoms with van der Waals surface area (Å²) >= 11 is 1.05. The Morgan fingerprint density at radius 3 is 2.71 bits per heavy atom. The fourth-order valence-electron chi connectivity index (χ4n) is 1.18. The van der Waals surface area contributed by atoms with E-state index in [-0.39, 0.29) is 12.3 Å². The van der Waals surface area contributed by atoms with Crippen LogP contribution in [0, 0.1) is 5.92 Å². The van der Waals surface area contributed by atoms with Gasteiger partial charge >= 0.3 is 12.0 Å². The average Bonchev–Trinajstić information content (AvgIpc) is 2.68. The number of carbonyl (C=O) groups excluding carboxylic acids is 1. The van der Waals surface area contributed by atoms with Gasteiger partial charge in [0.2, 0.25) is 0 Å². The van der Waals surface area contributed by atoms with Crippen molar-refractivity contribution in [2.24, 2.45) is 5.92 Å². The molecule has 0 fully saturated rings. The van der Waals surface area contributed by atoms with E-state index >= 15 is 0 Å². The number of urea groups is 1. The van der Waals surface area contributed by atoms with Crippen molar-refractivity contribution in [2.75, 3.05) is 5.32 Å². The highest BCUT2D eigenvalue weighted by Gasteiger charge is 2.19. The lowest BCUT2D eigenvalue weighted by Crippen LogP contribution is -2.42. The number of anilines is 1. The van der Waals surface area contributed by atoms with Crippen LogP contribution in [0.25, 0.3) is 0 Å². The number of nitrogens with zero attached hydrogens (tertiary/aromatic N) is 2. The zero-order valence-electron chi connectivity index (χ0n) is 9.51. The maximum Gasteiger partial charge on any atom is 0.320 e. The minimum atomic E-state index is -0.941. The summed E-state index contributed by atoms with van der Waals surface area (Å²) in [5.74, 6) is -0.903. The summed E-state index contributed by atoms with van der Waals surface area (Å²) in [6.07, 6.45) is 1.32. The van der Waals surface area contributed by atoms with Gasteiger partial charge in [-0.15, -0.1) is 5.10 Å². The molecule has 3 N–H and O–H groups in total. The predicted octanol–water partition coefficient (Wildman–Crippen LogP) is 1.16. The predicted molar refractivity (Wildman–Crippen MR) is 62.9 cm³/mol. The number of aliphatic carboxylic acids is 1. The molecule has 1 aromatic rings. The van der Waals surface area contributed by atoms with Crippen LogP contribution in [0.3, 0.4) is 0 Å². The number of rotatable bonds is 5. The van der Waals surface area contributed by atoms with Gasteiger partial charge in [0.15, 0.2) is 0 Å². The van der Waals surface area contributed by atoms with E-state index in [0.29, 0.717) is 5.00 Å². The number of carboxylic acids is 1. The summed E-state index contributed by atoms with van der Waals surface area (Å²) in [5.41, 5.74) is 0. The van der Waals surface area contributed by atoms with E-state index in [4.69, 9.17) is 5.11 Å². The Hall–Kier alpha value is -1.70. The highest BCUT2D eigenvalue weighted by Crippen LogP contribution is 2.10. The second-order valence-electron chi connectivity index (χ2n) is 3.83. The van der Waals surface area contributed by atoms with Crippen LogP contribution in [0.2, 0.25) is 0 Å². The summed E-state index contributed by atoms with van der Waals surface area (Å²) in [6.45, 7) is 3.70. The Morgan fingerprint density at radius 1 is 1.53 bits per heavy atom. The van der Waals surface area contributed by atoms with E-state index in [2.05, 4.69) is 20.2 Å². The molecule has 94 valence electrons. The van der Waals surface area contributed by atoms with Crippen molar-refractivity contribution in [1.29, 1.82) is 0 Å². The first-order valence-corrected chi connectivity index (χ1v) is 5.83. The van der Waals surface area contributed by atoms with Crippen molar-refractivity contribution in [3.05, 3.63) is 6.20 Å². The van der Waals surface area contributed by atoms with E-state index in [1.165, 1.54) is 6.20 Å². The normalized spacial score (nSPS) is 12.2. The van der Waals surface area contributed by atoms with Crippen molar-refractivity contribution < 1.29 is 14.7 Å². The zero-order valence-corrected chi connectivity index (χ0v) is 10.3. The quantitative estimate of drug-likeness (QED) is 0.735. The molecule has 1 unspecified atom stereocenters. The third-order valence-corrected chi connectivity index (χ3v) is 2.69. The smallest absolute Gasteiger partial charge is 0.320 e. The van der Waals surface area contributed by atoms with Crippen LogP contribution in [0.15, 0.2) is 6.20 Å². The van der Waals surface area contributed by atoms with Gasteiger partial charge in [0.25, 0.3) is 0 Å². The third-order valence-electron chi connectivity index (χ3n) is 2.11. The van der Waals surface area contributed by atoms with Crippen molar-refractivity contribution in [2.45, 2.75) is 26.3 Å². The Kier molecular flexibility index (Phi) is 4.83. The van der Waals surface area contributed by atoms with Crippen molar-refractivity contribution in [3.63, 3.8) is 0 Å². The molecule has 1 atom stereocenters. The molecule has 0 saturated heterocycles. The average molecular weight is 258 g/mol. The molecule has 0 aromatic carbocycles. The standard InChI is InChI=1S/C9H14N4O3S/c1-5(2)6(3-8(14)15)11-9(16)12-7-4-10-13-17-7/h4-6H,3H2,1-2H3,(H,14,15)(H2,11,12,16). The van der Waals surface area contributed by atoms with Gasteiger partial charge in [0.05, 0.1) is 12.6 Å². The van der Waals surface area contributed by atoms with Gasteiger partial charge in [-0.1, -0.05) is 18.3 Å². The minimum absolute atomic E-state index is 0.0384. The van der Waals surface area contributed by atoms with Gasteiger partial charge in [0, 0.05) is 17.6 Å². The van der Waals surface area contributed by atoms with Crippen molar-refractivity contribution >= 4 is 28.5 Å². The van der Waals surface area contributed by atoms with Crippen molar-refractivity contribution in [1.82, 2.24) is 14.9 Å². The number of hydrogen-bond acceptors (Lipinski definition) is 5. The van der Waals surface area contributed by atoms with Gasteiger partial charge in [-0.2, -0.15) is 0 Å². The summed E-state index contributed by atoms with van der Waals surface area (Å²) in [6, 6.07) is -0.857. The van der Waals surface area contributed by atoms with Gasteiger partial charge in [-0.25, -0.2) is 4.79 Å². The zero-order chi connectivity index (χ0) is 12.8. The summed E-state index contributed by atoms with van der Waals surface area (Å²) < 4.78 is 3.59. The van der Waals surface area contributed by atoms with E-state index < -0.39 is 18.0 Å². The first kappa shape index (κ1) is 13.4. The largest absolute Gasteiger partial charge is 0.481 e. The monoisotopic (exact) mass is 258 g/mol. The lowest BCUT2D eigenvalue weighted by atomic mass is 10.0. The molecule has 7 nitrogen and oxygen atoms in total. The van der Waals surface area contributed by atoms with Crippen LogP contribution in [-0.2, 0) is 4.79 Å². The SMILES string of the molecule is CC(C)C(CC(=O)O)NC(=O)Nc1cnns1. The van der Waals surface area contributed by atoms with Gasteiger partial charge in [-0.3, -0.25) is 10.1 Å². The molecular weight excluding hydrogens is 244 g/mol. The van der Waals surface area contributed by atoms with E-state index in [1.54, 1.807) is 0 Å². The molecule has 0 aliphatic carbocycles. The number of nitrogens with one attached hydrogen (secondary N) is 2. The number of carbonyl (C=O) groups is 2. The summed E-state index contributed by atoms with van der Waals surface area (Å²) in [7, 11) is 0. The summed E-state index contributed by atoms with van der Waals surface area (Å²) in [5, 5.41) is 17.9. The van der Waals surface area contributed by atoms with E-state index in [1.807, 2.05) is 13.8 Å². The second-order valence-corrected chi connectivity index (χ2v) is 4.61. The highest BCUT2D eigenvalue weighted by atomic mass is 32.1. The number of carboxylic acid groups (broad SMARTS) is 1. The topological polar surface area (TPSA) is 104 Å². The van der Waals surface area contributed by atoms with Crippen LogP contribution >= 0.6 is 11.5 Å². The molecular formula is C9H14N4O3S. The van der Waals surface area contributed by atoms with E-state index in [9.17, 15) is 9.59 Å². The third kappa shape index (κ3) is 4.77. The van der Waals surface area contributed by atoms with Crippen molar-refractivity contribution in [3.8, 4) is 0 Å². The molecule has 17 heavy (non-hydrogen) atoms. The second kappa shape index (κ2) is 6.14. The fourth-order valence-corrected chi connectivity index (χ4v) is 1.59. The van der Waals surface area contributed by atoms with Gasteiger partial charge in [-0.05, 0) is 5.92 Å². The van der Waals surface area contributed by atoms with Gasteiger partial charge in [0.1, 0.15) is 5.00 Å². The number of amides is 2. The first-order chi connectivity index (χ1) is 7.99. The maximum absolute atomic E-state index is 11.5. The van der Waals surface area contributed by atoms with Crippen LogP contribution in [0.5, 0.6) is 0 Å². The Morgan fingerprint density at radius 2 is 2.24 bits per heavy atom. The maximum atomic E-state index is 11.5. The minimum Gasteiger partial charge on any atom is -0.481 e. The first-order valence-electron chi connectivity index (χ1n) is 5.05. The van der Waals surface area contributed by atoms with Crippen LogP contribution in [0.4, 0.5) is 9.80 Å². The Balaban J connectivity index is 2.49. The lowest BCUT2D eigenvalue weighted by molar-refractivity contribution is -0.137. The number of hydrogen-bond donors (Lipinski definition) is 3. The molecule has 8 heteroatoms. The number of aromatic nitrogens is 2. The van der Waals surface area contributed by atoms with Crippen LogP contribution < -0.4 is 10.6 Å². The molecule has 0 aliphatic rings. The lowest BCUT2D eigenvalue weighted by Gasteiger charge is -2.20. The molecule has 2 amide bonds. The molecule has 0 spiro atoms. The van der Waals surface area contributed by atoms with Gasteiger partial charge < -0.3 is 10.4 Å². The molecule has 1 heterocycles. The molecule has 0 bridgehead atoms. The molecule has 0 radical (unpaired) electrons.